The third-order valence-corrected chi connectivity index (χ3v) is 3.07. The fourth-order valence-corrected chi connectivity index (χ4v) is 2.15. The number of ether oxygens (including phenoxy) is 2. The van der Waals surface area contributed by atoms with Gasteiger partial charge in [0.2, 0.25) is 5.91 Å². The molecule has 2 atom stereocenters. The van der Waals surface area contributed by atoms with Crippen molar-refractivity contribution in [3.05, 3.63) is 0 Å². The number of hydrogen-bond donors (Lipinski definition) is 1. The minimum Gasteiger partial charge on any atom is -0.469 e. The molecule has 114 valence electrons. The van der Waals surface area contributed by atoms with Crippen molar-refractivity contribution >= 4 is 18.0 Å². The first-order valence-corrected chi connectivity index (χ1v) is 6.52. The van der Waals surface area contributed by atoms with Crippen LogP contribution in [0.5, 0.6) is 0 Å². The van der Waals surface area contributed by atoms with Crippen LogP contribution in [0.2, 0.25) is 0 Å². The van der Waals surface area contributed by atoms with Crippen LogP contribution in [0.3, 0.4) is 0 Å². The number of nitrogens with zero attached hydrogens (tertiary/aromatic N) is 1. The van der Waals surface area contributed by atoms with Crippen molar-refractivity contribution in [2.24, 2.45) is 11.7 Å². The maximum atomic E-state index is 12.1. The highest BCUT2D eigenvalue weighted by atomic mass is 16.6. The first-order valence-electron chi connectivity index (χ1n) is 6.52. The molecule has 1 heterocycles. The van der Waals surface area contributed by atoms with Crippen molar-refractivity contribution in [2.75, 3.05) is 13.7 Å². The molecule has 1 aliphatic rings. The quantitative estimate of drug-likeness (QED) is 0.752. The summed E-state index contributed by atoms with van der Waals surface area (Å²) in [6.45, 7) is 5.26. The lowest BCUT2D eigenvalue weighted by Gasteiger charge is -2.37. The number of likely N-dealkylation sites (tertiary alicyclic amines) is 1. The van der Waals surface area contributed by atoms with Crippen LogP contribution >= 0.6 is 0 Å². The van der Waals surface area contributed by atoms with Gasteiger partial charge in [-0.15, -0.1) is 0 Å². The van der Waals surface area contributed by atoms with Crippen LogP contribution in [0, 0.1) is 5.92 Å². The second kappa shape index (κ2) is 6.11. The Hall–Kier alpha value is -1.79. The van der Waals surface area contributed by atoms with Gasteiger partial charge >= 0.3 is 12.1 Å². The molecular weight excluding hydrogens is 264 g/mol. The van der Waals surface area contributed by atoms with Crippen LogP contribution in [0.1, 0.15) is 33.6 Å². The molecule has 7 nitrogen and oxygen atoms in total. The highest BCUT2D eigenvalue weighted by Gasteiger charge is 2.39. The van der Waals surface area contributed by atoms with Crippen molar-refractivity contribution in [1.82, 2.24) is 4.90 Å². The largest absolute Gasteiger partial charge is 0.469 e. The van der Waals surface area contributed by atoms with E-state index >= 15 is 0 Å². The fraction of sp³-hybridized carbons (Fsp3) is 0.769. The molecule has 0 bridgehead atoms. The zero-order valence-corrected chi connectivity index (χ0v) is 12.3. The van der Waals surface area contributed by atoms with E-state index in [1.54, 1.807) is 20.8 Å². The van der Waals surface area contributed by atoms with Crippen molar-refractivity contribution in [2.45, 2.75) is 45.3 Å². The molecule has 0 radical (unpaired) electrons. The second-order valence-electron chi connectivity index (χ2n) is 5.85. The fourth-order valence-electron chi connectivity index (χ4n) is 2.15. The number of hydrogen-bond acceptors (Lipinski definition) is 5. The minimum atomic E-state index is -0.745. The summed E-state index contributed by atoms with van der Waals surface area (Å²) in [7, 11) is 1.29. The van der Waals surface area contributed by atoms with Gasteiger partial charge in [-0.05, 0) is 33.6 Å². The van der Waals surface area contributed by atoms with Crippen molar-refractivity contribution in [1.29, 1.82) is 0 Å². The first-order chi connectivity index (χ1) is 9.15. The lowest BCUT2D eigenvalue weighted by atomic mass is 9.92. The van der Waals surface area contributed by atoms with Crippen LogP contribution in [-0.4, -0.2) is 48.2 Å². The summed E-state index contributed by atoms with van der Waals surface area (Å²) in [5, 5.41) is 0. The van der Waals surface area contributed by atoms with Gasteiger partial charge in [-0.3, -0.25) is 14.5 Å². The van der Waals surface area contributed by atoms with Crippen LogP contribution in [0.15, 0.2) is 0 Å². The van der Waals surface area contributed by atoms with Gasteiger partial charge in [0.25, 0.3) is 0 Å². The zero-order chi connectivity index (χ0) is 15.5. The lowest BCUT2D eigenvalue weighted by Crippen LogP contribution is -2.55. The molecule has 0 aliphatic carbocycles. The molecule has 2 amide bonds. The summed E-state index contributed by atoms with van der Waals surface area (Å²) in [6.07, 6.45) is 0.142. The molecule has 7 heteroatoms. The Bertz CT molecular complexity index is 402. The molecule has 1 fully saturated rings. The molecular formula is C13H22N2O5. The van der Waals surface area contributed by atoms with Gasteiger partial charge in [-0.1, -0.05) is 0 Å². The Balaban J connectivity index is 2.86. The molecule has 1 rings (SSSR count). The maximum Gasteiger partial charge on any atom is 0.410 e. The lowest BCUT2D eigenvalue weighted by molar-refractivity contribution is -0.148. The Kier molecular flexibility index (Phi) is 4.97. The number of amides is 2. The van der Waals surface area contributed by atoms with Crippen LogP contribution in [0.4, 0.5) is 4.79 Å². The molecule has 0 spiro atoms. The third kappa shape index (κ3) is 4.11. The van der Waals surface area contributed by atoms with E-state index in [0.29, 0.717) is 12.8 Å². The SMILES string of the molecule is COC(=O)[C@@H]1CC[C@@H](C(N)=O)N(C(=O)OC(C)(C)C)C1. The predicted molar refractivity (Wildman–Crippen MR) is 70.7 cm³/mol. The summed E-state index contributed by atoms with van der Waals surface area (Å²) in [5.41, 5.74) is 4.63. The molecule has 1 saturated heterocycles. The standard InChI is InChI=1S/C13H22N2O5/c1-13(2,3)20-12(18)15-7-8(11(17)19-4)5-6-9(15)10(14)16/h8-9H,5-7H2,1-4H3,(H2,14,16)/t8-,9+/m1/s1. The van der Waals surface area contributed by atoms with E-state index in [9.17, 15) is 14.4 Å². The van der Waals surface area contributed by atoms with Crippen molar-refractivity contribution < 1.29 is 23.9 Å². The number of esters is 1. The smallest absolute Gasteiger partial charge is 0.410 e. The van der Waals surface area contributed by atoms with E-state index in [4.69, 9.17) is 10.5 Å². The van der Waals surface area contributed by atoms with E-state index in [1.807, 2.05) is 0 Å². The van der Waals surface area contributed by atoms with E-state index < -0.39 is 35.5 Å². The van der Waals surface area contributed by atoms with Crippen LogP contribution < -0.4 is 5.73 Å². The van der Waals surface area contributed by atoms with E-state index in [1.165, 1.54) is 12.0 Å². The number of carbonyl (C=O) groups is 3. The van der Waals surface area contributed by atoms with Gasteiger partial charge < -0.3 is 15.2 Å². The molecule has 0 unspecified atom stereocenters. The number of methoxy groups -OCH3 is 1. The Morgan fingerprint density at radius 3 is 2.25 bits per heavy atom. The Morgan fingerprint density at radius 1 is 1.20 bits per heavy atom. The first kappa shape index (κ1) is 16.3. The Labute approximate surface area is 118 Å². The average molecular weight is 286 g/mol. The van der Waals surface area contributed by atoms with Gasteiger partial charge in [0.05, 0.1) is 13.0 Å². The molecule has 0 aromatic carbocycles. The van der Waals surface area contributed by atoms with Gasteiger partial charge in [-0.25, -0.2) is 4.79 Å². The second-order valence-corrected chi connectivity index (χ2v) is 5.85. The summed E-state index contributed by atoms with van der Waals surface area (Å²) in [5.74, 6) is -1.45. The molecule has 1 aliphatic heterocycles. The number of rotatable bonds is 2. The van der Waals surface area contributed by atoms with E-state index in [0.717, 1.165) is 0 Å². The minimum absolute atomic E-state index is 0.0786. The summed E-state index contributed by atoms with van der Waals surface area (Å²) < 4.78 is 9.93. The number of nitrogens with two attached hydrogens (primary N) is 1. The van der Waals surface area contributed by atoms with Crippen LogP contribution in [-0.2, 0) is 19.1 Å². The third-order valence-electron chi connectivity index (χ3n) is 3.07. The summed E-state index contributed by atoms with van der Waals surface area (Å²) in [6, 6.07) is -0.745. The average Bonchev–Trinajstić information content (AvgIpc) is 2.34. The topological polar surface area (TPSA) is 98.9 Å². The number of primary amides is 1. The molecule has 0 aromatic rings. The number of carbonyl (C=O) groups excluding carboxylic acids is 3. The van der Waals surface area contributed by atoms with Crippen molar-refractivity contribution in [3.8, 4) is 0 Å². The number of piperidine rings is 1. The molecule has 20 heavy (non-hydrogen) atoms. The molecule has 2 N–H and O–H groups in total. The van der Waals surface area contributed by atoms with Crippen LogP contribution in [0.25, 0.3) is 0 Å². The van der Waals surface area contributed by atoms with Gasteiger partial charge in [0.1, 0.15) is 11.6 Å². The summed E-state index contributed by atoms with van der Waals surface area (Å²) in [4.78, 5) is 36.4. The Morgan fingerprint density at radius 2 is 1.80 bits per heavy atom. The summed E-state index contributed by atoms with van der Waals surface area (Å²) >= 11 is 0. The van der Waals surface area contributed by atoms with E-state index in [2.05, 4.69) is 4.74 Å². The maximum absolute atomic E-state index is 12.1. The monoisotopic (exact) mass is 286 g/mol. The zero-order valence-electron chi connectivity index (χ0n) is 12.3. The van der Waals surface area contributed by atoms with E-state index in [-0.39, 0.29) is 6.54 Å². The highest BCUT2D eigenvalue weighted by Crippen LogP contribution is 2.25. The molecule has 0 aromatic heterocycles. The van der Waals surface area contributed by atoms with Gasteiger partial charge in [0, 0.05) is 6.54 Å². The molecule has 0 saturated carbocycles. The predicted octanol–water partition coefficient (Wildman–Crippen LogP) is 0.660. The van der Waals surface area contributed by atoms with Gasteiger partial charge in [0.15, 0.2) is 0 Å². The highest BCUT2D eigenvalue weighted by molar-refractivity contribution is 5.85. The van der Waals surface area contributed by atoms with Crippen molar-refractivity contribution in [3.63, 3.8) is 0 Å². The van der Waals surface area contributed by atoms with Gasteiger partial charge in [-0.2, -0.15) is 0 Å². The normalized spacial score (nSPS) is 23.1.